The van der Waals surface area contributed by atoms with E-state index in [1.807, 2.05) is 0 Å². The lowest BCUT2D eigenvalue weighted by Gasteiger charge is -2.29. The van der Waals surface area contributed by atoms with Crippen LogP contribution in [0, 0.1) is 11.3 Å². The topological polar surface area (TPSA) is 95.9 Å². The van der Waals surface area contributed by atoms with Crippen molar-refractivity contribution in [3.05, 3.63) is 0 Å². The van der Waals surface area contributed by atoms with Crippen LogP contribution in [0.25, 0.3) is 0 Å². The van der Waals surface area contributed by atoms with Crippen LogP contribution >= 0.6 is 0 Å². The van der Waals surface area contributed by atoms with Gasteiger partial charge in [0, 0.05) is 13.5 Å². The molecule has 6 heteroatoms. The van der Waals surface area contributed by atoms with Crippen LogP contribution in [0.5, 0.6) is 0 Å². The third-order valence-electron chi connectivity index (χ3n) is 3.24. The number of hydrogen-bond acceptors (Lipinski definition) is 4. The normalized spacial score (nSPS) is 16.1. The molecule has 0 spiro atoms. The Morgan fingerprint density at radius 2 is 1.94 bits per heavy atom. The Morgan fingerprint density at radius 3 is 2.28 bits per heavy atom. The highest BCUT2D eigenvalue weighted by molar-refractivity contribution is 5.85. The van der Waals surface area contributed by atoms with Crippen molar-refractivity contribution < 1.29 is 24.5 Å². The average Bonchev–Trinajstić information content (AvgIpc) is 2.27. The molecule has 0 saturated heterocycles. The van der Waals surface area contributed by atoms with Crippen LogP contribution in [0.2, 0.25) is 0 Å². The number of rotatable bonds is 8. The molecule has 0 aromatic rings. The zero-order chi connectivity index (χ0) is 14.3. The van der Waals surface area contributed by atoms with Gasteiger partial charge in [-0.3, -0.25) is 9.59 Å². The quantitative estimate of drug-likeness (QED) is 0.582. The Kier molecular flexibility index (Phi) is 6.86. The number of carbonyl (C=O) groups excluding carboxylic acids is 1. The molecular weight excluding hydrogens is 238 g/mol. The summed E-state index contributed by atoms with van der Waals surface area (Å²) < 4.78 is 4.83. The van der Waals surface area contributed by atoms with Crippen LogP contribution in [0.1, 0.15) is 27.2 Å². The lowest BCUT2D eigenvalue weighted by molar-refractivity contribution is -0.153. The predicted octanol–water partition coefficient (Wildman–Crippen LogP) is 0.247. The molecule has 0 saturated carbocycles. The van der Waals surface area contributed by atoms with E-state index in [0.29, 0.717) is 0 Å². The molecule has 0 bridgehead atoms. The van der Waals surface area contributed by atoms with Crippen molar-refractivity contribution in [1.82, 2.24) is 5.32 Å². The van der Waals surface area contributed by atoms with E-state index in [1.54, 1.807) is 20.8 Å². The zero-order valence-corrected chi connectivity index (χ0v) is 11.4. The summed E-state index contributed by atoms with van der Waals surface area (Å²) in [4.78, 5) is 23.0. The molecule has 0 aromatic heterocycles. The molecule has 3 N–H and O–H groups in total. The molecule has 0 heterocycles. The van der Waals surface area contributed by atoms with E-state index in [-0.39, 0.29) is 25.6 Å². The third-order valence-corrected chi connectivity index (χ3v) is 3.24. The van der Waals surface area contributed by atoms with Crippen LogP contribution in [-0.4, -0.2) is 48.5 Å². The Bertz CT molecular complexity index is 292. The highest BCUT2D eigenvalue weighted by Crippen LogP contribution is 2.31. The Morgan fingerprint density at radius 1 is 1.39 bits per heavy atom. The second-order valence-electron chi connectivity index (χ2n) is 4.96. The zero-order valence-electron chi connectivity index (χ0n) is 11.4. The fraction of sp³-hybridized carbons (Fsp3) is 0.833. The lowest BCUT2D eigenvalue weighted by atomic mass is 9.76. The van der Waals surface area contributed by atoms with Gasteiger partial charge in [-0.25, -0.2) is 0 Å². The SMILES string of the molecule is COCC(CO)NC(=O)CC(C)(C(=O)O)C(C)C. The largest absolute Gasteiger partial charge is 0.481 e. The molecule has 0 fully saturated rings. The number of carboxylic acids is 1. The fourth-order valence-electron chi connectivity index (χ4n) is 1.48. The summed E-state index contributed by atoms with van der Waals surface area (Å²) in [5.74, 6) is -1.57. The van der Waals surface area contributed by atoms with Gasteiger partial charge in [0.25, 0.3) is 0 Å². The Labute approximate surface area is 107 Å². The van der Waals surface area contributed by atoms with Crippen molar-refractivity contribution in [1.29, 1.82) is 0 Å². The number of amides is 1. The number of hydrogen-bond donors (Lipinski definition) is 3. The number of aliphatic hydroxyl groups is 1. The van der Waals surface area contributed by atoms with Gasteiger partial charge in [0.2, 0.25) is 5.91 Å². The van der Waals surface area contributed by atoms with Crippen molar-refractivity contribution in [2.45, 2.75) is 33.2 Å². The van der Waals surface area contributed by atoms with Crippen molar-refractivity contribution in [3.63, 3.8) is 0 Å². The molecule has 2 unspecified atom stereocenters. The number of methoxy groups -OCH3 is 1. The number of aliphatic carboxylic acids is 1. The van der Waals surface area contributed by atoms with Gasteiger partial charge in [0.05, 0.1) is 24.7 Å². The van der Waals surface area contributed by atoms with Gasteiger partial charge in [-0.05, 0) is 12.8 Å². The summed E-state index contributed by atoms with van der Waals surface area (Å²) >= 11 is 0. The molecule has 0 aromatic carbocycles. The highest BCUT2D eigenvalue weighted by atomic mass is 16.5. The predicted molar refractivity (Wildman–Crippen MR) is 66.1 cm³/mol. The molecule has 18 heavy (non-hydrogen) atoms. The Hall–Kier alpha value is -1.14. The smallest absolute Gasteiger partial charge is 0.310 e. The summed E-state index contributed by atoms with van der Waals surface area (Å²) in [5.41, 5.74) is -1.11. The van der Waals surface area contributed by atoms with Crippen molar-refractivity contribution >= 4 is 11.9 Å². The molecule has 0 radical (unpaired) electrons. The molecule has 0 aliphatic carbocycles. The van der Waals surface area contributed by atoms with Crippen LogP contribution in [-0.2, 0) is 14.3 Å². The van der Waals surface area contributed by atoms with Gasteiger partial charge in [0.15, 0.2) is 0 Å². The van der Waals surface area contributed by atoms with E-state index < -0.39 is 23.3 Å². The van der Waals surface area contributed by atoms with Gasteiger partial charge in [-0.1, -0.05) is 13.8 Å². The molecule has 1 amide bonds. The van der Waals surface area contributed by atoms with Gasteiger partial charge in [-0.2, -0.15) is 0 Å². The van der Waals surface area contributed by atoms with Crippen molar-refractivity contribution in [2.24, 2.45) is 11.3 Å². The van der Waals surface area contributed by atoms with Gasteiger partial charge in [0.1, 0.15) is 0 Å². The second-order valence-corrected chi connectivity index (χ2v) is 4.96. The maximum absolute atomic E-state index is 11.8. The summed E-state index contributed by atoms with van der Waals surface area (Å²) in [5, 5.41) is 20.8. The Balaban J connectivity index is 4.57. The van der Waals surface area contributed by atoms with E-state index in [2.05, 4.69) is 5.32 Å². The van der Waals surface area contributed by atoms with Gasteiger partial charge < -0.3 is 20.3 Å². The monoisotopic (exact) mass is 261 g/mol. The maximum Gasteiger partial charge on any atom is 0.310 e. The molecule has 0 aliphatic heterocycles. The number of aliphatic hydroxyl groups excluding tert-OH is 1. The summed E-state index contributed by atoms with van der Waals surface area (Å²) in [6, 6.07) is -0.507. The first kappa shape index (κ1) is 16.9. The fourth-order valence-corrected chi connectivity index (χ4v) is 1.48. The number of nitrogens with one attached hydrogen (secondary N) is 1. The van der Waals surface area contributed by atoms with Gasteiger partial charge in [-0.15, -0.1) is 0 Å². The van der Waals surface area contributed by atoms with E-state index in [1.165, 1.54) is 7.11 Å². The molecular formula is C12H23NO5. The molecule has 2 atom stereocenters. The van der Waals surface area contributed by atoms with Crippen molar-refractivity contribution in [2.75, 3.05) is 20.3 Å². The van der Waals surface area contributed by atoms with E-state index in [0.717, 1.165) is 0 Å². The molecule has 0 aliphatic rings. The first-order valence-corrected chi connectivity index (χ1v) is 5.90. The van der Waals surface area contributed by atoms with Gasteiger partial charge >= 0.3 is 5.97 Å². The van der Waals surface area contributed by atoms with Crippen molar-refractivity contribution in [3.8, 4) is 0 Å². The maximum atomic E-state index is 11.8. The molecule has 0 rings (SSSR count). The lowest BCUT2D eigenvalue weighted by Crippen LogP contribution is -2.45. The number of carbonyl (C=O) groups is 2. The van der Waals surface area contributed by atoms with E-state index >= 15 is 0 Å². The minimum Gasteiger partial charge on any atom is -0.481 e. The standard InChI is InChI=1S/C12H23NO5/c1-8(2)12(3,11(16)17)5-10(15)13-9(6-14)7-18-4/h8-9,14H,5-7H2,1-4H3,(H,13,15)(H,16,17). The highest BCUT2D eigenvalue weighted by Gasteiger charge is 2.39. The minimum absolute atomic E-state index is 0.125. The minimum atomic E-state index is -1.11. The average molecular weight is 261 g/mol. The first-order valence-electron chi connectivity index (χ1n) is 5.90. The van der Waals surface area contributed by atoms with Crippen LogP contribution < -0.4 is 5.32 Å². The van der Waals surface area contributed by atoms with Crippen LogP contribution in [0.15, 0.2) is 0 Å². The van der Waals surface area contributed by atoms with Crippen LogP contribution in [0.4, 0.5) is 0 Å². The first-order chi connectivity index (χ1) is 8.27. The number of ether oxygens (including phenoxy) is 1. The third kappa shape index (κ3) is 4.62. The summed E-state index contributed by atoms with van der Waals surface area (Å²) in [7, 11) is 1.46. The molecule has 6 nitrogen and oxygen atoms in total. The number of carboxylic acid groups (broad SMARTS) is 1. The van der Waals surface area contributed by atoms with Crippen LogP contribution in [0.3, 0.4) is 0 Å². The van der Waals surface area contributed by atoms with E-state index in [9.17, 15) is 14.7 Å². The summed E-state index contributed by atoms with van der Waals surface area (Å²) in [6.07, 6.45) is -0.125. The summed E-state index contributed by atoms with van der Waals surface area (Å²) in [6.45, 7) is 5.02. The second kappa shape index (κ2) is 7.33. The van der Waals surface area contributed by atoms with E-state index in [4.69, 9.17) is 9.84 Å². The molecule has 106 valence electrons.